The van der Waals surface area contributed by atoms with Gasteiger partial charge in [-0.3, -0.25) is 9.69 Å². The number of likely N-dealkylation sites (tertiary alicyclic amines) is 1. The lowest BCUT2D eigenvalue weighted by atomic mass is 9.72. The van der Waals surface area contributed by atoms with Crippen molar-refractivity contribution < 1.29 is 4.79 Å². The summed E-state index contributed by atoms with van der Waals surface area (Å²) in [6.07, 6.45) is 1.33. The molecule has 0 saturated carbocycles. The van der Waals surface area contributed by atoms with Crippen molar-refractivity contribution in [3.8, 4) is 0 Å². The van der Waals surface area contributed by atoms with E-state index in [2.05, 4.69) is 17.0 Å². The van der Waals surface area contributed by atoms with E-state index in [9.17, 15) is 10.0 Å². The summed E-state index contributed by atoms with van der Waals surface area (Å²) in [5.74, 6) is -0.414. The molecule has 1 aliphatic rings. The highest BCUT2D eigenvalue weighted by Crippen LogP contribution is 2.36. The van der Waals surface area contributed by atoms with E-state index in [4.69, 9.17) is 0 Å². The maximum absolute atomic E-state index is 12.3. The van der Waals surface area contributed by atoms with Crippen molar-refractivity contribution in [2.24, 2.45) is 0 Å². The van der Waals surface area contributed by atoms with E-state index in [1.165, 1.54) is 5.56 Å². The molecule has 1 fully saturated rings. The first-order chi connectivity index (χ1) is 11.2. The number of rotatable bonds is 4. The van der Waals surface area contributed by atoms with Crippen molar-refractivity contribution >= 4 is 5.91 Å². The number of carbonyl (C=O) groups is 1. The van der Waals surface area contributed by atoms with Gasteiger partial charge < -0.3 is 10.7 Å². The van der Waals surface area contributed by atoms with Gasteiger partial charge in [0.15, 0.2) is 0 Å². The number of piperidine rings is 1. The third-order valence-electron chi connectivity index (χ3n) is 4.81. The van der Waals surface area contributed by atoms with Gasteiger partial charge in [0.2, 0.25) is 5.91 Å². The average molecular weight is 309 g/mol. The Kier molecular flexibility index (Phi) is 4.74. The first-order valence-corrected chi connectivity index (χ1v) is 7.99. The Morgan fingerprint density at radius 2 is 1.57 bits per heavy atom. The fourth-order valence-corrected chi connectivity index (χ4v) is 3.44. The van der Waals surface area contributed by atoms with Gasteiger partial charge in [-0.15, -0.1) is 0 Å². The predicted octanol–water partition coefficient (Wildman–Crippen LogP) is 2.83. The Hall–Kier alpha value is -2.17. The van der Waals surface area contributed by atoms with Crippen LogP contribution in [-0.4, -0.2) is 23.9 Å². The molecule has 120 valence electrons. The molecule has 2 aromatic carbocycles. The van der Waals surface area contributed by atoms with Crippen LogP contribution in [0.2, 0.25) is 0 Å². The summed E-state index contributed by atoms with van der Waals surface area (Å²) in [4.78, 5) is 14.7. The third kappa shape index (κ3) is 3.28. The molecule has 0 unspecified atom stereocenters. The van der Waals surface area contributed by atoms with E-state index in [0.29, 0.717) is 12.8 Å². The maximum Gasteiger partial charge on any atom is 0.220 e. The first kappa shape index (κ1) is 15.7. The number of hydrogen-bond acceptors (Lipinski definition) is 3. The summed E-state index contributed by atoms with van der Waals surface area (Å²) in [6.45, 7) is 2.49. The Balaban J connectivity index is 1.74. The van der Waals surface area contributed by atoms with Crippen LogP contribution in [0.5, 0.6) is 0 Å². The molecule has 1 heterocycles. The van der Waals surface area contributed by atoms with Gasteiger partial charge in [0.05, 0.1) is 5.41 Å². The lowest BCUT2D eigenvalue weighted by Crippen LogP contribution is -2.50. The lowest BCUT2D eigenvalue weighted by molar-refractivity contribution is -0.127. The molecule has 4 heteroatoms. The van der Waals surface area contributed by atoms with E-state index in [1.54, 1.807) is 5.48 Å². The molecule has 0 atom stereocenters. The van der Waals surface area contributed by atoms with Crippen LogP contribution in [0.25, 0.3) is 0 Å². The third-order valence-corrected chi connectivity index (χ3v) is 4.81. The zero-order valence-electron chi connectivity index (χ0n) is 13.1. The van der Waals surface area contributed by atoms with Crippen molar-refractivity contribution in [1.82, 2.24) is 10.4 Å². The molecule has 2 aromatic rings. The molecule has 0 aromatic heterocycles. The molecule has 1 saturated heterocycles. The van der Waals surface area contributed by atoms with Gasteiger partial charge in [0, 0.05) is 6.54 Å². The van der Waals surface area contributed by atoms with Crippen LogP contribution in [0, 0.1) is 5.21 Å². The van der Waals surface area contributed by atoms with Crippen molar-refractivity contribution in [3.05, 3.63) is 77.0 Å². The summed E-state index contributed by atoms with van der Waals surface area (Å²) in [7, 11) is 0. The van der Waals surface area contributed by atoms with Gasteiger partial charge >= 0.3 is 0 Å². The van der Waals surface area contributed by atoms with Gasteiger partial charge in [-0.05, 0) is 37.1 Å². The fourth-order valence-electron chi connectivity index (χ4n) is 3.44. The maximum atomic E-state index is 12.3. The van der Waals surface area contributed by atoms with Crippen LogP contribution in [0.15, 0.2) is 60.7 Å². The molecule has 23 heavy (non-hydrogen) atoms. The Bertz CT molecular complexity index is 635. The number of hydrogen-bond donors (Lipinski definition) is 1. The SMILES string of the molecule is O=C(N[O-])C1(c2ccccc2)CCN(Cc2ccccc2)CC1. The van der Waals surface area contributed by atoms with Gasteiger partial charge in [0.25, 0.3) is 0 Å². The summed E-state index contributed by atoms with van der Waals surface area (Å²) in [5, 5.41) is 11.1. The number of nitrogens with one attached hydrogen (secondary N) is 1. The Labute approximate surface area is 136 Å². The fraction of sp³-hybridized carbons (Fsp3) is 0.316. The number of nitrogens with zero attached hydrogens (tertiary/aromatic N) is 1. The molecule has 0 bridgehead atoms. The second kappa shape index (κ2) is 6.94. The molecular weight excluding hydrogens is 288 g/mol. The average Bonchev–Trinajstić information content (AvgIpc) is 2.63. The number of benzene rings is 2. The summed E-state index contributed by atoms with van der Waals surface area (Å²) in [6, 6.07) is 20.0. The highest BCUT2D eigenvalue weighted by atomic mass is 16.5. The minimum atomic E-state index is -0.698. The van der Waals surface area contributed by atoms with Crippen molar-refractivity contribution in [2.75, 3.05) is 13.1 Å². The van der Waals surface area contributed by atoms with E-state index >= 15 is 0 Å². The minimum absolute atomic E-state index is 0.414. The predicted molar refractivity (Wildman–Crippen MR) is 90.6 cm³/mol. The van der Waals surface area contributed by atoms with Crippen LogP contribution >= 0.6 is 0 Å². The molecule has 0 aliphatic carbocycles. The normalized spacial score (nSPS) is 17.6. The van der Waals surface area contributed by atoms with Crippen molar-refractivity contribution in [3.63, 3.8) is 0 Å². The lowest BCUT2D eigenvalue weighted by Gasteiger charge is -2.41. The molecule has 1 amide bonds. The number of hydroxylamine groups is 1. The Morgan fingerprint density at radius 3 is 2.13 bits per heavy atom. The van der Waals surface area contributed by atoms with Crippen molar-refractivity contribution in [1.29, 1.82) is 0 Å². The summed E-state index contributed by atoms with van der Waals surface area (Å²) < 4.78 is 0. The van der Waals surface area contributed by atoms with Crippen LogP contribution in [0.4, 0.5) is 0 Å². The van der Waals surface area contributed by atoms with E-state index < -0.39 is 11.3 Å². The second-order valence-electron chi connectivity index (χ2n) is 6.14. The van der Waals surface area contributed by atoms with E-state index in [-0.39, 0.29) is 0 Å². The molecular formula is C19H21N2O2-. The number of amides is 1. The summed E-state index contributed by atoms with van der Waals surface area (Å²) >= 11 is 0. The van der Waals surface area contributed by atoms with Crippen LogP contribution in [0.1, 0.15) is 24.0 Å². The molecule has 0 spiro atoms. The highest BCUT2D eigenvalue weighted by molar-refractivity contribution is 5.88. The van der Waals surface area contributed by atoms with Crippen molar-refractivity contribution in [2.45, 2.75) is 24.8 Å². The number of carbonyl (C=O) groups excluding carboxylic acids is 1. The monoisotopic (exact) mass is 309 g/mol. The quantitative estimate of drug-likeness (QED) is 0.884. The zero-order chi connectivity index (χ0) is 16.1. The van der Waals surface area contributed by atoms with E-state index in [0.717, 1.165) is 25.2 Å². The van der Waals surface area contributed by atoms with Crippen LogP contribution in [0.3, 0.4) is 0 Å². The van der Waals surface area contributed by atoms with Gasteiger partial charge in [-0.1, -0.05) is 60.7 Å². The largest absolute Gasteiger partial charge is 0.759 e. The molecule has 1 N–H and O–H groups in total. The first-order valence-electron chi connectivity index (χ1n) is 7.99. The standard InChI is InChI=1S/C19H21N2O2/c22-18(20-23)19(17-9-5-2-6-10-17)11-13-21(14-12-19)15-16-7-3-1-4-8-16/h1-10H,11-15H2,(H-,20,22,23)/q-1. The smallest absolute Gasteiger partial charge is 0.220 e. The Morgan fingerprint density at radius 1 is 1.00 bits per heavy atom. The van der Waals surface area contributed by atoms with Crippen LogP contribution in [-0.2, 0) is 16.8 Å². The van der Waals surface area contributed by atoms with E-state index in [1.807, 2.05) is 48.5 Å². The van der Waals surface area contributed by atoms with Gasteiger partial charge in [-0.25, -0.2) is 0 Å². The molecule has 3 rings (SSSR count). The summed E-state index contributed by atoms with van der Waals surface area (Å²) in [5.41, 5.74) is 3.14. The van der Waals surface area contributed by atoms with Crippen LogP contribution < -0.4 is 5.48 Å². The topological polar surface area (TPSA) is 55.4 Å². The zero-order valence-corrected chi connectivity index (χ0v) is 13.1. The highest BCUT2D eigenvalue weighted by Gasteiger charge is 2.41. The van der Waals surface area contributed by atoms with Gasteiger partial charge in [-0.2, -0.15) is 0 Å². The minimum Gasteiger partial charge on any atom is -0.759 e. The molecule has 1 aliphatic heterocycles. The molecule has 0 radical (unpaired) electrons. The second-order valence-corrected chi connectivity index (χ2v) is 6.14. The van der Waals surface area contributed by atoms with Gasteiger partial charge in [0.1, 0.15) is 0 Å². The molecule has 4 nitrogen and oxygen atoms in total.